The van der Waals surface area contributed by atoms with E-state index in [1.165, 1.54) is 4.90 Å². The summed E-state index contributed by atoms with van der Waals surface area (Å²) in [4.78, 5) is 29.7. The van der Waals surface area contributed by atoms with Gasteiger partial charge >= 0.3 is 0 Å². The van der Waals surface area contributed by atoms with Gasteiger partial charge in [-0.15, -0.1) is 0 Å². The number of hydrogen-bond donors (Lipinski definition) is 1. The molecule has 4 rings (SSSR count). The minimum Gasteiger partial charge on any atom is -0.352 e. The van der Waals surface area contributed by atoms with Crippen molar-refractivity contribution in [1.29, 1.82) is 0 Å². The molecule has 224 valence electrons. The van der Waals surface area contributed by atoms with Gasteiger partial charge < -0.3 is 10.2 Å². The Morgan fingerprint density at radius 2 is 1.52 bits per heavy atom. The largest absolute Gasteiger partial charge is 0.352 e. The van der Waals surface area contributed by atoms with Crippen LogP contribution in [0, 0.1) is 13.8 Å². The van der Waals surface area contributed by atoms with E-state index in [1.54, 1.807) is 30.3 Å². The zero-order chi connectivity index (χ0) is 30.4. The number of amides is 2. The third-order valence-electron chi connectivity index (χ3n) is 7.54. The lowest BCUT2D eigenvalue weighted by Crippen LogP contribution is -2.54. The van der Waals surface area contributed by atoms with Crippen LogP contribution in [0.1, 0.15) is 47.9 Å². The number of halogens is 2. The van der Waals surface area contributed by atoms with Crippen LogP contribution in [0.5, 0.6) is 0 Å². The van der Waals surface area contributed by atoms with Crippen molar-refractivity contribution in [2.75, 3.05) is 17.1 Å². The molecule has 1 unspecified atom stereocenters. The molecule has 3 aromatic rings. The zero-order valence-electron chi connectivity index (χ0n) is 24.1. The number of carbonyl (C=O) groups is 2. The van der Waals surface area contributed by atoms with Crippen LogP contribution in [0.25, 0.3) is 0 Å². The van der Waals surface area contributed by atoms with E-state index in [2.05, 4.69) is 5.32 Å². The first kappa shape index (κ1) is 31.9. The maximum Gasteiger partial charge on any atom is 0.244 e. The van der Waals surface area contributed by atoms with Crippen molar-refractivity contribution in [3.05, 3.63) is 99.0 Å². The summed E-state index contributed by atoms with van der Waals surface area (Å²) in [6.07, 6.45) is 5.12. The number of sulfonamides is 1. The first-order valence-electron chi connectivity index (χ1n) is 14.0. The van der Waals surface area contributed by atoms with Crippen molar-refractivity contribution >= 4 is 50.7 Å². The van der Waals surface area contributed by atoms with Gasteiger partial charge in [0, 0.05) is 34.6 Å². The number of nitrogens with one attached hydrogen (secondary N) is 1. The van der Waals surface area contributed by atoms with Gasteiger partial charge in [-0.3, -0.25) is 13.9 Å². The first-order chi connectivity index (χ1) is 19.9. The van der Waals surface area contributed by atoms with E-state index in [4.69, 9.17) is 23.2 Å². The molecule has 0 radical (unpaired) electrons. The van der Waals surface area contributed by atoms with Crippen LogP contribution in [-0.2, 0) is 32.6 Å². The molecule has 0 aromatic heterocycles. The highest BCUT2D eigenvalue weighted by molar-refractivity contribution is 7.92. The predicted molar refractivity (Wildman–Crippen MR) is 169 cm³/mol. The average Bonchev–Trinajstić information content (AvgIpc) is 3.43. The molecule has 10 heteroatoms. The molecule has 1 N–H and O–H groups in total. The molecule has 1 fully saturated rings. The normalized spacial score (nSPS) is 14.4. The summed E-state index contributed by atoms with van der Waals surface area (Å²) >= 11 is 13.1. The van der Waals surface area contributed by atoms with Gasteiger partial charge in [0.2, 0.25) is 21.8 Å². The number of hydrogen-bond acceptors (Lipinski definition) is 4. The van der Waals surface area contributed by atoms with Gasteiger partial charge in [-0.05, 0) is 67.6 Å². The van der Waals surface area contributed by atoms with Gasteiger partial charge in [-0.25, -0.2) is 8.42 Å². The SMILES string of the molecule is Cc1cc(C)cc(N(CC(=O)N(Cc2c(Cl)cccc2Cl)C(Cc2ccccc2)C(=O)NC2CCCC2)S(C)(=O)=O)c1. The molecule has 0 saturated heterocycles. The second-order valence-corrected chi connectivity index (χ2v) is 13.8. The highest BCUT2D eigenvalue weighted by atomic mass is 35.5. The smallest absolute Gasteiger partial charge is 0.244 e. The minimum atomic E-state index is -3.86. The molecular formula is C32H37Cl2N3O4S. The van der Waals surface area contributed by atoms with Crippen LogP contribution in [0.15, 0.2) is 66.7 Å². The third kappa shape index (κ3) is 8.27. The van der Waals surface area contributed by atoms with Crippen molar-refractivity contribution < 1.29 is 18.0 Å². The van der Waals surface area contributed by atoms with Crippen molar-refractivity contribution in [3.8, 4) is 0 Å². The quantitative estimate of drug-likeness (QED) is 0.279. The summed E-state index contributed by atoms with van der Waals surface area (Å²) in [5, 5.41) is 3.85. The Balaban J connectivity index is 1.77. The topological polar surface area (TPSA) is 86.8 Å². The Bertz CT molecular complexity index is 1490. The van der Waals surface area contributed by atoms with Gasteiger partial charge in [0.15, 0.2) is 0 Å². The maximum atomic E-state index is 14.3. The molecule has 0 bridgehead atoms. The summed E-state index contributed by atoms with van der Waals surface area (Å²) in [6.45, 7) is 3.17. The highest BCUT2D eigenvalue weighted by Crippen LogP contribution is 2.29. The fraction of sp³-hybridized carbons (Fsp3) is 0.375. The van der Waals surface area contributed by atoms with Gasteiger partial charge in [-0.2, -0.15) is 0 Å². The van der Waals surface area contributed by atoms with Crippen molar-refractivity contribution in [1.82, 2.24) is 10.2 Å². The van der Waals surface area contributed by atoms with Crippen LogP contribution < -0.4 is 9.62 Å². The number of nitrogens with zero attached hydrogens (tertiary/aromatic N) is 2. The molecule has 2 amide bonds. The fourth-order valence-electron chi connectivity index (χ4n) is 5.48. The van der Waals surface area contributed by atoms with Gasteiger partial charge in [0.25, 0.3) is 0 Å². The van der Waals surface area contributed by atoms with Crippen LogP contribution in [0.3, 0.4) is 0 Å². The van der Waals surface area contributed by atoms with E-state index in [1.807, 2.05) is 50.2 Å². The lowest BCUT2D eigenvalue weighted by Gasteiger charge is -2.34. The molecule has 0 spiro atoms. The van der Waals surface area contributed by atoms with E-state index < -0.39 is 28.5 Å². The lowest BCUT2D eigenvalue weighted by molar-refractivity contribution is -0.140. The Labute approximate surface area is 258 Å². The van der Waals surface area contributed by atoms with E-state index in [0.29, 0.717) is 21.3 Å². The number of rotatable bonds is 11. The second-order valence-electron chi connectivity index (χ2n) is 11.0. The monoisotopic (exact) mass is 629 g/mol. The van der Waals surface area contributed by atoms with Crippen LogP contribution in [0.2, 0.25) is 10.0 Å². The molecule has 0 aliphatic heterocycles. The molecule has 1 aliphatic rings. The summed E-state index contributed by atoms with van der Waals surface area (Å²) < 4.78 is 27.2. The highest BCUT2D eigenvalue weighted by Gasteiger charge is 2.35. The molecule has 0 heterocycles. The molecule has 42 heavy (non-hydrogen) atoms. The van der Waals surface area contributed by atoms with Gasteiger partial charge in [-0.1, -0.05) is 78.5 Å². The number of anilines is 1. The van der Waals surface area contributed by atoms with E-state index in [0.717, 1.165) is 52.9 Å². The number of carbonyl (C=O) groups excluding carboxylic acids is 2. The second kappa shape index (κ2) is 13.9. The summed E-state index contributed by atoms with van der Waals surface area (Å²) in [5.41, 5.74) is 3.46. The van der Waals surface area contributed by atoms with E-state index >= 15 is 0 Å². The van der Waals surface area contributed by atoms with Crippen LogP contribution in [-0.4, -0.2) is 50.0 Å². The molecule has 3 aromatic carbocycles. The first-order valence-corrected chi connectivity index (χ1v) is 16.7. The van der Waals surface area contributed by atoms with Crippen LogP contribution in [0.4, 0.5) is 5.69 Å². The Morgan fingerprint density at radius 3 is 2.10 bits per heavy atom. The van der Waals surface area contributed by atoms with E-state index in [-0.39, 0.29) is 24.9 Å². The molecular weight excluding hydrogens is 593 g/mol. The Morgan fingerprint density at radius 1 is 0.929 bits per heavy atom. The predicted octanol–water partition coefficient (Wildman–Crippen LogP) is 6.08. The summed E-state index contributed by atoms with van der Waals surface area (Å²) in [7, 11) is -3.86. The van der Waals surface area contributed by atoms with Gasteiger partial charge in [0.05, 0.1) is 11.9 Å². The Kier molecular flexibility index (Phi) is 10.6. The van der Waals surface area contributed by atoms with Crippen LogP contribution >= 0.6 is 23.2 Å². The van der Waals surface area contributed by atoms with Crippen molar-refractivity contribution in [3.63, 3.8) is 0 Å². The fourth-order valence-corrected chi connectivity index (χ4v) is 6.83. The molecule has 1 aliphatic carbocycles. The summed E-state index contributed by atoms with van der Waals surface area (Å²) in [6, 6.07) is 19.0. The minimum absolute atomic E-state index is 0.0272. The van der Waals surface area contributed by atoms with Crippen molar-refractivity contribution in [2.45, 2.75) is 64.6 Å². The lowest BCUT2D eigenvalue weighted by atomic mass is 10.0. The molecule has 7 nitrogen and oxygen atoms in total. The third-order valence-corrected chi connectivity index (χ3v) is 9.39. The standard InChI is InChI=1S/C32H37Cl2N3O4S/c1-22-16-23(2)18-26(17-22)37(42(3,40)41)21-31(38)36(20-27-28(33)14-9-15-29(27)34)30(19-24-10-5-4-6-11-24)32(39)35-25-12-7-8-13-25/h4-6,9-11,14-18,25,30H,7-8,12-13,19-21H2,1-3H3,(H,35,39). The van der Waals surface area contributed by atoms with Crippen molar-refractivity contribution in [2.24, 2.45) is 0 Å². The summed E-state index contributed by atoms with van der Waals surface area (Å²) in [5.74, 6) is -0.836. The number of aryl methyl sites for hydroxylation is 2. The number of benzene rings is 3. The maximum absolute atomic E-state index is 14.3. The zero-order valence-corrected chi connectivity index (χ0v) is 26.5. The van der Waals surface area contributed by atoms with E-state index in [9.17, 15) is 18.0 Å². The molecule has 1 saturated carbocycles. The van der Waals surface area contributed by atoms with Gasteiger partial charge in [0.1, 0.15) is 12.6 Å². The molecule has 1 atom stereocenters. The average molecular weight is 631 g/mol. The Hall–Kier alpha value is -3.07.